The van der Waals surface area contributed by atoms with E-state index in [4.69, 9.17) is 17.0 Å². The van der Waals surface area contributed by atoms with E-state index in [1.54, 1.807) is 6.08 Å². The van der Waals surface area contributed by atoms with Crippen molar-refractivity contribution < 1.29 is 55.0 Å². The number of rotatable bonds is 4. The molecular weight excluding hydrogens is 640 g/mol. The van der Waals surface area contributed by atoms with Crippen LogP contribution in [-0.4, -0.2) is 47.1 Å². The van der Waals surface area contributed by atoms with Crippen molar-refractivity contribution in [1.82, 2.24) is 5.32 Å². The van der Waals surface area contributed by atoms with Crippen LogP contribution in [0.25, 0.3) is 0 Å². The zero-order valence-corrected chi connectivity index (χ0v) is 26.2. The normalized spacial score (nSPS) is 31.6. The first kappa shape index (κ1) is 35.6. The average molecular weight is 676 g/mol. The number of carbonyl (C=O) groups is 4. The molecule has 0 unspecified atom stereocenters. The van der Waals surface area contributed by atoms with Gasteiger partial charge in [-0.15, -0.1) is 0 Å². The van der Waals surface area contributed by atoms with E-state index < -0.39 is 24.3 Å². The predicted molar refractivity (Wildman–Crippen MR) is 156 cm³/mol. The Hall–Kier alpha value is -3.29. The van der Waals surface area contributed by atoms with E-state index in [0.717, 1.165) is 22.4 Å². The molecule has 1 amide bonds. The quantitative estimate of drug-likeness (QED) is 0.127. The van der Waals surface area contributed by atoms with E-state index in [2.05, 4.69) is 42.1 Å². The van der Waals surface area contributed by atoms with Crippen LogP contribution in [0.5, 0.6) is 0 Å². The van der Waals surface area contributed by atoms with Crippen LogP contribution in [-0.2, 0) is 35.3 Å². The maximum Gasteiger partial charge on any atom is 0.491 e. The SMILES string of the molecule is CC(=O)OCc1ccc(C(=S)[C@H]2CC[C@H]3[C@@H]4CC[C@H]5NC(=O)C=C[C@]5(C)[C@H]4CC[C@]23C)cc1.O=C(OC(=O)C(F)(F)F)C(F)(F)F. The maximum absolute atomic E-state index is 12.0. The Kier molecular flexibility index (Phi) is 10.1. The fourth-order valence-corrected chi connectivity index (χ4v) is 8.64. The Morgan fingerprint density at radius 3 is 2.09 bits per heavy atom. The fourth-order valence-electron chi connectivity index (χ4n) is 8.12. The number of fused-ring (bicyclic) bond motifs is 5. The van der Waals surface area contributed by atoms with Gasteiger partial charge in [-0.25, -0.2) is 9.59 Å². The molecule has 3 saturated carbocycles. The molecule has 0 radical (unpaired) electrons. The van der Waals surface area contributed by atoms with Crippen molar-refractivity contribution in [1.29, 1.82) is 0 Å². The van der Waals surface area contributed by atoms with Crippen molar-refractivity contribution in [2.75, 3.05) is 0 Å². The van der Waals surface area contributed by atoms with Crippen LogP contribution < -0.4 is 5.32 Å². The summed E-state index contributed by atoms with van der Waals surface area (Å²) in [6.45, 7) is 6.62. The summed E-state index contributed by atoms with van der Waals surface area (Å²) in [6.07, 6.45) is -0.113. The summed E-state index contributed by atoms with van der Waals surface area (Å²) in [5, 5.41) is 3.26. The molecule has 4 aliphatic rings. The van der Waals surface area contributed by atoms with Gasteiger partial charge in [-0.3, -0.25) is 9.59 Å². The summed E-state index contributed by atoms with van der Waals surface area (Å²) in [5.74, 6) is -4.10. The lowest BCUT2D eigenvalue weighted by Crippen LogP contribution is -2.59. The highest BCUT2D eigenvalue weighted by molar-refractivity contribution is 7.80. The zero-order chi connectivity index (χ0) is 34.2. The smallest absolute Gasteiger partial charge is 0.461 e. The lowest BCUT2D eigenvalue weighted by molar-refractivity contribution is -0.221. The molecule has 3 fully saturated rings. The van der Waals surface area contributed by atoms with E-state index >= 15 is 0 Å². The number of alkyl halides is 6. The minimum absolute atomic E-state index is 0.0710. The summed E-state index contributed by atoms with van der Waals surface area (Å²) < 4.78 is 74.8. The van der Waals surface area contributed by atoms with Crippen LogP contribution in [0, 0.1) is 34.5 Å². The van der Waals surface area contributed by atoms with E-state index in [1.807, 2.05) is 12.1 Å². The molecule has 1 aliphatic heterocycles. The number of esters is 3. The largest absolute Gasteiger partial charge is 0.491 e. The van der Waals surface area contributed by atoms with Gasteiger partial charge >= 0.3 is 30.3 Å². The summed E-state index contributed by atoms with van der Waals surface area (Å²) in [4.78, 5) is 43.4. The van der Waals surface area contributed by atoms with Crippen molar-refractivity contribution in [3.8, 4) is 0 Å². The Balaban J connectivity index is 0.000000315. The van der Waals surface area contributed by atoms with Gasteiger partial charge in [0.2, 0.25) is 5.91 Å². The lowest BCUT2D eigenvalue weighted by Gasteiger charge is -2.59. The van der Waals surface area contributed by atoms with Gasteiger partial charge in [-0.2, -0.15) is 26.3 Å². The third-order valence-corrected chi connectivity index (χ3v) is 10.9. The monoisotopic (exact) mass is 675 g/mol. The number of nitrogens with one attached hydrogen (secondary N) is 1. The van der Waals surface area contributed by atoms with Crippen LogP contribution >= 0.6 is 12.2 Å². The number of carbonyl (C=O) groups excluding carboxylic acids is 4. The predicted octanol–water partition coefficient (Wildman–Crippen LogP) is 6.56. The van der Waals surface area contributed by atoms with Crippen LogP contribution in [0.15, 0.2) is 36.4 Å². The molecule has 1 heterocycles. The first-order valence-corrected chi connectivity index (χ1v) is 15.3. The third-order valence-electron chi connectivity index (χ3n) is 10.3. The molecule has 0 bridgehead atoms. The van der Waals surface area contributed by atoms with Gasteiger partial charge < -0.3 is 14.8 Å². The van der Waals surface area contributed by atoms with Gasteiger partial charge in [-0.05, 0) is 78.9 Å². The lowest BCUT2D eigenvalue weighted by atomic mass is 9.47. The molecule has 1 aromatic rings. The molecule has 1 N–H and O–H groups in total. The van der Waals surface area contributed by atoms with Crippen LogP contribution in [0.3, 0.4) is 0 Å². The second kappa shape index (κ2) is 13.1. The molecule has 3 aliphatic carbocycles. The van der Waals surface area contributed by atoms with Crippen molar-refractivity contribution in [3.63, 3.8) is 0 Å². The number of hydrogen-bond donors (Lipinski definition) is 1. The second-order valence-corrected chi connectivity index (χ2v) is 13.3. The first-order valence-electron chi connectivity index (χ1n) is 14.9. The van der Waals surface area contributed by atoms with Crippen LogP contribution in [0.4, 0.5) is 26.3 Å². The Morgan fingerprint density at radius 1 is 0.913 bits per heavy atom. The van der Waals surface area contributed by atoms with Crippen LogP contribution in [0.1, 0.15) is 70.4 Å². The van der Waals surface area contributed by atoms with Gasteiger partial charge in [-0.1, -0.05) is 56.4 Å². The Bertz CT molecular complexity index is 1380. The molecule has 46 heavy (non-hydrogen) atoms. The average Bonchev–Trinajstić information content (AvgIpc) is 3.33. The molecule has 252 valence electrons. The number of amides is 1. The van der Waals surface area contributed by atoms with Gasteiger partial charge in [0.1, 0.15) is 6.61 Å². The van der Waals surface area contributed by atoms with E-state index in [0.29, 0.717) is 30.3 Å². The van der Waals surface area contributed by atoms with Gasteiger partial charge in [0.05, 0.1) is 0 Å². The molecule has 0 saturated heterocycles. The molecule has 7 nitrogen and oxygen atoms in total. The summed E-state index contributed by atoms with van der Waals surface area (Å²) in [5.41, 5.74) is 2.46. The summed E-state index contributed by atoms with van der Waals surface area (Å²) in [7, 11) is 0. The van der Waals surface area contributed by atoms with Crippen molar-refractivity contribution in [3.05, 3.63) is 47.5 Å². The van der Waals surface area contributed by atoms with Crippen molar-refractivity contribution >= 4 is 40.9 Å². The topological polar surface area (TPSA) is 98.8 Å². The van der Waals surface area contributed by atoms with Crippen molar-refractivity contribution in [2.24, 2.45) is 34.5 Å². The van der Waals surface area contributed by atoms with Gasteiger partial charge in [0, 0.05) is 29.2 Å². The number of hydrogen-bond acceptors (Lipinski definition) is 7. The fraction of sp³-hybridized carbons (Fsp3) is 0.594. The van der Waals surface area contributed by atoms with E-state index in [-0.39, 0.29) is 28.7 Å². The molecule has 14 heteroatoms. The second-order valence-electron chi connectivity index (χ2n) is 12.9. The minimum Gasteiger partial charge on any atom is -0.461 e. The maximum atomic E-state index is 12.0. The van der Waals surface area contributed by atoms with Crippen molar-refractivity contribution in [2.45, 2.75) is 84.3 Å². The summed E-state index contributed by atoms with van der Waals surface area (Å²) >= 11 is 6.10. The third kappa shape index (κ3) is 7.31. The number of benzene rings is 1. The summed E-state index contributed by atoms with van der Waals surface area (Å²) in [6, 6.07) is 8.55. The number of thiocarbonyl (C=S) groups is 1. The highest BCUT2D eigenvalue weighted by Gasteiger charge is 2.60. The minimum atomic E-state index is -5.62. The molecule has 0 spiro atoms. The van der Waals surface area contributed by atoms with E-state index in [1.165, 1.54) is 39.0 Å². The first-order chi connectivity index (χ1) is 21.3. The standard InChI is InChI=1S/C28H35NO3S.C4F6O3/c1-17(30)32-16-18-4-6-19(7-5-18)26(33)23-10-9-21-20-8-11-24-28(3,15-13-25(31)29-24)22(20)12-14-27(21,23)2;5-3(6,7)1(11)13-2(12)4(8,9)10/h4-7,13,15,20-24H,8-12,14,16H2,1-3H3,(H,29,31);/t20-,21-,22-,23+,24+,27-,28+;/m0./s1. The number of halogens is 6. The number of ether oxygens (including phenoxy) is 2. The van der Waals surface area contributed by atoms with Gasteiger partial charge in [0.25, 0.3) is 0 Å². The molecule has 1 aromatic carbocycles. The van der Waals surface area contributed by atoms with Crippen LogP contribution in [0.2, 0.25) is 0 Å². The van der Waals surface area contributed by atoms with Gasteiger partial charge in [0.15, 0.2) is 0 Å². The Morgan fingerprint density at radius 2 is 1.52 bits per heavy atom. The zero-order valence-electron chi connectivity index (χ0n) is 25.4. The van der Waals surface area contributed by atoms with E-state index in [9.17, 15) is 45.5 Å². The Labute approximate surface area is 267 Å². The molecular formula is C32H35F6NO6S. The highest BCUT2D eigenvalue weighted by Crippen LogP contribution is 2.65. The molecule has 0 aromatic heterocycles. The molecule has 7 atom stereocenters. The highest BCUT2D eigenvalue weighted by atomic mass is 32.1. The molecule has 5 rings (SSSR count).